The highest BCUT2D eigenvalue weighted by molar-refractivity contribution is 6.31. The maximum absolute atomic E-state index is 12.6. The van der Waals surface area contributed by atoms with Crippen molar-refractivity contribution >= 4 is 28.5 Å². The molecule has 3 aromatic rings. The first-order valence-corrected chi connectivity index (χ1v) is 8.66. The molecule has 0 aliphatic heterocycles. The predicted molar refractivity (Wildman–Crippen MR) is 101 cm³/mol. The highest BCUT2D eigenvalue weighted by atomic mass is 35.5. The van der Waals surface area contributed by atoms with Crippen molar-refractivity contribution in [2.75, 3.05) is 6.61 Å². The fraction of sp³-hybridized carbons (Fsp3) is 0.200. The number of rotatable bonds is 7. The van der Waals surface area contributed by atoms with Crippen LogP contribution in [0.4, 0.5) is 0 Å². The minimum Gasteiger partial charge on any atom is -0.493 e. The SMILES string of the molecule is Cc1cc(Oc2coc3cc(OCCCC(=O)O)ccc3c2=O)ccc1Cl. The van der Waals surface area contributed by atoms with Gasteiger partial charge in [-0.3, -0.25) is 9.59 Å². The van der Waals surface area contributed by atoms with E-state index in [0.717, 1.165) is 5.56 Å². The molecular formula is C20H17ClO6. The summed E-state index contributed by atoms with van der Waals surface area (Å²) in [6.07, 6.45) is 1.68. The van der Waals surface area contributed by atoms with Gasteiger partial charge in [0.25, 0.3) is 0 Å². The van der Waals surface area contributed by atoms with E-state index in [2.05, 4.69) is 0 Å². The number of carboxylic acids is 1. The lowest BCUT2D eigenvalue weighted by Gasteiger charge is -2.08. The van der Waals surface area contributed by atoms with Crippen molar-refractivity contribution in [3.8, 4) is 17.2 Å². The van der Waals surface area contributed by atoms with Crippen molar-refractivity contribution in [3.63, 3.8) is 0 Å². The zero-order chi connectivity index (χ0) is 19.4. The number of ether oxygens (including phenoxy) is 2. The first-order valence-electron chi connectivity index (χ1n) is 8.28. The number of hydrogen-bond acceptors (Lipinski definition) is 5. The van der Waals surface area contributed by atoms with E-state index in [4.69, 9.17) is 30.6 Å². The van der Waals surface area contributed by atoms with Gasteiger partial charge in [-0.1, -0.05) is 11.6 Å². The zero-order valence-electron chi connectivity index (χ0n) is 14.5. The molecule has 0 radical (unpaired) electrons. The van der Waals surface area contributed by atoms with Gasteiger partial charge in [0.05, 0.1) is 12.0 Å². The van der Waals surface area contributed by atoms with Crippen molar-refractivity contribution in [3.05, 3.63) is 63.5 Å². The van der Waals surface area contributed by atoms with Crippen LogP contribution < -0.4 is 14.9 Å². The Morgan fingerprint density at radius 1 is 1.19 bits per heavy atom. The van der Waals surface area contributed by atoms with Crippen LogP contribution in [0, 0.1) is 6.92 Å². The van der Waals surface area contributed by atoms with Gasteiger partial charge in [0, 0.05) is 17.5 Å². The zero-order valence-corrected chi connectivity index (χ0v) is 15.3. The first-order chi connectivity index (χ1) is 12.9. The molecule has 0 spiro atoms. The Bertz CT molecular complexity index is 1040. The minimum atomic E-state index is -0.869. The second kappa shape index (κ2) is 8.14. The Morgan fingerprint density at radius 3 is 2.70 bits per heavy atom. The van der Waals surface area contributed by atoms with Crippen LogP contribution in [-0.4, -0.2) is 17.7 Å². The molecule has 0 fully saturated rings. The van der Waals surface area contributed by atoms with E-state index >= 15 is 0 Å². The third-order valence-electron chi connectivity index (χ3n) is 3.88. The highest BCUT2D eigenvalue weighted by Gasteiger charge is 2.11. The molecule has 6 nitrogen and oxygen atoms in total. The molecule has 27 heavy (non-hydrogen) atoms. The van der Waals surface area contributed by atoms with E-state index < -0.39 is 5.97 Å². The van der Waals surface area contributed by atoms with Crippen LogP contribution in [0.1, 0.15) is 18.4 Å². The first kappa shape index (κ1) is 18.8. The van der Waals surface area contributed by atoms with Gasteiger partial charge < -0.3 is 19.0 Å². The van der Waals surface area contributed by atoms with Crippen molar-refractivity contribution in [1.82, 2.24) is 0 Å². The molecule has 1 heterocycles. The Balaban J connectivity index is 1.78. The molecule has 0 amide bonds. The Labute approximate surface area is 159 Å². The quantitative estimate of drug-likeness (QED) is 0.585. The van der Waals surface area contributed by atoms with Crippen LogP contribution in [0.2, 0.25) is 5.02 Å². The highest BCUT2D eigenvalue weighted by Crippen LogP contribution is 2.26. The van der Waals surface area contributed by atoms with E-state index in [1.54, 1.807) is 36.4 Å². The van der Waals surface area contributed by atoms with E-state index in [1.807, 2.05) is 6.92 Å². The predicted octanol–water partition coefficient (Wildman–Crippen LogP) is 4.79. The second-order valence-electron chi connectivity index (χ2n) is 5.95. The molecule has 0 saturated heterocycles. The number of carboxylic acid groups (broad SMARTS) is 1. The summed E-state index contributed by atoms with van der Waals surface area (Å²) in [6.45, 7) is 2.11. The topological polar surface area (TPSA) is 86.0 Å². The standard InChI is InChI=1S/C20H17ClO6/c1-12-9-14(5-7-16(12)21)27-18-11-26-17-10-13(4-6-15(17)20(18)24)25-8-2-3-19(22)23/h4-7,9-11H,2-3,8H2,1H3,(H,22,23). The minimum absolute atomic E-state index is 0.0353. The molecule has 0 aliphatic carbocycles. The van der Waals surface area contributed by atoms with Crippen molar-refractivity contribution < 1.29 is 23.8 Å². The molecule has 0 bridgehead atoms. The molecule has 3 rings (SSSR count). The Kier molecular flexibility index (Phi) is 5.66. The van der Waals surface area contributed by atoms with E-state index in [1.165, 1.54) is 6.26 Å². The van der Waals surface area contributed by atoms with E-state index in [-0.39, 0.29) is 24.2 Å². The average molecular weight is 389 g/mol. The van der Waals surface area contributed by atoms with Crippen LogP contribution in [0.5, 0.6) is 17.2 Å². The summed E-state index contributed by atoms with van der Waals surface area (Å²) in [6, 6.07) is 9.92. The fourth-order valence-corrected chi connectivity index (χ4v) is 2.59. The molecule has 1 aromatic heterocycles. The number of halogens is 1. The summed E-state index contributed by atoms with van der Waals surface area (Å²) < 4.78 is 16.6. The molecule has 1 N–H and O–H groups in total. The lowest BCUT2D eigenvalue weighted by molar-refractivity contribution is -0.137. The maximum Gasteiger partial charge on any atom is 0.303 e. The Morgan fingerprint density at radius 2 is 1.96 bits per heavy atom. The number of aryl methyl sites for hydroxylation is 1. The summed E-state index contributed by atoms with van der Waals surface area (Å²) >= 11 is 5.99. The van der Waals surface area contributed by atoms with Crippen LogP contribution in [0.3, 0.4) is 0 Å². The second-order valence-corrected chi connectivity index (χ2v) is 6.35. The normalized spacial score (nSPS) is 10.7. The van der Waals surface area contributed by atoms with Gasteiger partial charge in [0.1, 0.15) is 23.3 Å². The molecule has 7 heteroatoms. The number of aliphatic carboxylic acids is 1. The molecule has 140 valence electrons. The lowest BCUT2D eigenvalue weighted by Crippen LogP contribution is -2.05. The summed E-state index contributed by atoms with van der Waals surface area (Å²) in [5.41, 5.74) is 0.890. The summed E-state index contributed by atoms with van der Waals surface area (Å²) in [5, 5.41) is 9.59. The summed E-state index contributed by atoms with van der Waals surface area (Å²) in [4.78, 5) is 23.1. The van der Waals surface area contributed by atoms with Crippen molar-refractivity contribution in [2.45, 2.75) is 19.8 Å². The summed E-state index contributed by atoms with van der Waals surface area (Å²) in [7, 11) is 0. The summed E-state index contributed by atoms with van der Waals surface area (Å²) in [5.74, 6) is 0.186. The molecule has 0 unspecified atom stereocenters. The maximum atomic E-state index is 12.6. The largest absolute Gasteiger partial charge is 0.493 e. The molecular weight excluding hydrogens is 372 g/mol. The van der Waals surface area contributed by atoms with Crippen molar-refractivity contribution in [1.29, 1.82) is 0 Å². The van der Waals surface area contributed by atoms with Gasteiger partial charge in [0.2, 0.25) is 11.2 Å². The van der Waals surface area contributed by atoms with Crippen LogP contribution in [-0.2, 0) is 4.79 Å². The Hall–Kier alpha value is -2.99. The fourth-order valence-electron chi connectivity index (χ4n) is 2.47. The van der Waals surface area contributed by atoms with E-state index in [9.17, 15) is 9.59 Å². The third kappa shape index (κ3) is 4.60. The van der Waals surface area contributed by atoms with Gasteiger partial charge in [-0.05, 0) is 49.2 Å². The van der Waals surface area contributed by atoms with Gasteiger partial charge >= 0.3 is 5.97 Å². The number of carbonyl (C=O) groups is 1. The number of benzene rings is 2. The van der Waals surface area contributed by atoms with Crippen molar-refractivity contribution in [2.24, 2.45) is 0 Å². The van der Waals surface area contributed by atoms with Crippen LogP contribution >= 0.6 is 11.6 Å². The lowest BCUT2D eigenvalue weighted by atomic mass is 10.2. The van der Waals surface area contributed by atoms with Gasteiger partial charge in [-0.2, -0.15) is 0 Å². The van der Waals surface area contributed by atoms with Crippen LogP contribution in [0.25, 0.3) is 11.0 Å². The number of fused-ring (bicyclic) bond motifs is 1. The average Bonchev–Trinajstić information content (AvgIpc) is 2.64. The molecule has 0 saturated carbocycles. The van der Waals surface area contributed by atoms with E-state index in [0.29, 0.717) is 33.9 Å². The smallest absolute Gasteiger partial charge is 0.303 e. The van der Waals surface area contributed by atoms with Gasteiger partial charge in [-0.15, -0.1) is 0 Å². The molecule has 2 aromatic carbocycles. The molecule has 0 atom stereocenters. The molecule has 0 aliphatic rings. The number of hydrogen-bond donors (Lipinski definition) is 1. The van der Waals surface area contributed by atoms with Crippen LogP contribution in [0.15, 0.2) is 51.9 Å². The monoisotopic (exact) mass is 388 g/mol. The third-order valence-corrected chi connectivity index (χ3v) is 4.30. The van der Waals surface area contributed by atoms with Gasteiger partial charge in [0.15, 0.2) is 0 Å². The van der Waals surface area contributed by atoms with Gasteiger partial charge in [-0.25, -0.2) is 0 Å².